The van der Waals surface area contributed by atoms with Gasteiger partial charge in [-0.05, 0) is 38.0 Å². The van der Waals surface area contributed by atoms with E-state index in [0.717, 1.165) is 0 Å². The maximum Gasteiger partial charge on any atom is 0.194 e. The van der Waals surface area contributed by atoms with Crippen LogP contribution >= 0.6 is 0 Å². The lowest BCUT2D eigenvalue weighted by molar-refractivity contribution is 0.0349. The predicted octanol–water partition coefficient (Wildman–Crippen LogP) is 2.83. The minimum absolute atomic E-state index is 0.167. The van der Waals surface area contributed by atoms with Gasteiger partial charge in [0.15, 0.2) is 23.6 Å². The molecule has 3 N–H and O–H groups in total. The molecule has 2 unspecified atom stereocenters. The molecule has 1 aromatic carbocycles. The Kier molecular flexibility index (Phi) is 5.54. The lowest BCUT2D eigenvalue weighted by atomic mass is 10.0. The number of hydrogen-bond acceptors (Lipinski definition) is 6. The summed E-state index contributed by atoms with van der Waals surface area (Å²) in [7, 11) is 0. The van der Waals surface area contributed by atoms with Crippen molar-refractivity contribution >= 4 is 22.5 Å². The molecule has 0 saturated carbocycles. The number of nitrogens with two attached hydrogens (primary N) is 1. The molecule has 0 amide bonds. The number of carbonyl (C=O) groups is 2. The van der Waals surface area contributed by atoms with Crippen molar-refractivity contribution in [3.05, 3.63) is 42.2 Å². The topological polar surface area (TPSA) is 103 Å². The van der Waals surface area contributed by atoms with Crippen molar-refractivity contribution in [1.82, 2.24) is 0 Å². The molecule has 2 rings (SSSR count). The van der Waals surface area contributed by atoms with Crippen LogP contribution in [0, 0.1) is 0 Å². The summed E-state index contributed by atoms with van der Waals surface area (Å²) in [5.41, 5.74) is 6.55. The number of carbonyl (C=O) groups excluding carboxylic acids is 2. The minimum atomic E-state index is -0.986. The fourth-order valence-electron chi connectivity index (χ4n) is 2.40. The largest absolute Gasteiger partial charge is 0.472 e. The zero-order chi connectivity index (χ0) is 17.9. The molecule has 0 bridgehead atoms. The fraction of sp³-hybridized carbons (Fsp3) is 0.333. The Labute approximate surface area is 139 Å². The van der Waals surface area contributed by atoms with Crippen LogP contribution in [0.15, 0.2) is 35.3 Å². The van der Waals surface area contributed by atoms with E-state index in [-0.39, 0.29) is 28.6 Å². The Hall–Kier alpha value is -2.44. The molecule has 2 atom stereocenters. The van der Waals surface area contributed by atoms with Gasteiger partial charge in [0.1, 0.15) is 17.4 Å². The molecule has 0 spiro atoms. The van der Waals surface area contributed by atoms with E-state index in [9.17, 15) is 14.7 Å². The van der Waals surface area contributed by atoms with Gasteiger partial charge in [-0.1, -0.05) is 6.08 Å². The summed E-state index contributed by atoms with van der Waals surface area (Å²) in [5, 5.41) is 10.5. The average Bonchev–Trinajstić information content (AvgIpc) is 2.96. The Morgan fingerprint density at radius 2 is 2.08 bits per heavy atom. The van der Waals surface area contributed by atoms with Gasteiger partial charge in [-0.15, -0.1) is 6.58 Å². The first-order valence-electron chi connectivity index (χ1n) is 7.64. The standard InChI is InChI=1S/C18H21NO5/c1-4-5-6-13(22)18(19)24-15-8-7-14-12(17(15)11(3)21)9-16(23-14)10(2)20/h4,7-9,13,18,22H,1,5-6,19H2,2-3H3. The van der Waals surface area contributed by atoms with Gasteiger partial charge in [0.2, 0.25) is 0 Å². The number of benzene rings is 1. The maximum atomic E-state index is 12.1. The van der Waals surface area contributed by atoms with Gasteiger partial charge < -0.3 is 14.3 Å². The molecule has 0 fully saturated rings. The van der Waals surface area contributed by atoms with Gasteiger partial charge >= 0.3 is 0 Å². The Bertz CT molecular complexity index is 777. The first-order valence-corrected chi connectivity index (χ1v) is 7.64. The minimum Gasteiger partial charge on any atom is -0.472 e. The third kappa shape index (κ3) is 3.72. The molecule has 0 saturated heterocycles. The fourth-order valence-corrected chi connectivity index (χ4v) is 2.40. The summed E-state index contributed by atoms with van der Waals surface area (Å²) in [6, 6.07) is 4.67. The van der Waals surface area contributed by atoms with Crippen LogP contribution in [0.5, 0.6) is 5.75 Å². The second-order valence-electron chi connectivity index (χ2n) is 5.59. The van der Waals surface area contributed by atoms with Crippen LogP contribution in [0.2, 0.25) is 0 Å². The molecule has 6 heteroatoms. The van der Waals surface area contributed by atoms with Gasteiger partial charge in [0.05, 0.1) is 5.56 Å². The van der Waals surface area contributed by atoms with Crippen LogP contribution in [0.1, 0.15) is 47.6 Å². The van der Waals surface area contributed by atoms with E-state index in [2.05, 4.69) is 6.58 Å². The van der Waals surface area contributed by atoms with Crippen molar-refractivity contribution in [2.45, 2.75) is 39.0 Å². The van der Waals surface area contributed by atoms with Crippen LogP contribution in [0.4, 0.5) is 0 Å². The quantitative estimate of drug-likeness (QED) is 0.438. The number of ketones is 2. The van der Waals surface area contributed by atoms with E-state index in [4.69, 9.17) is 14.9 Å². The number of ether oxygens (including phenoxy) is 1. The van der Waals surface area contributed by atoms with Crippen molar-refractivity contribution in [2.75, 3.05) is 0 Å². The van der Waals surface area contributed by atoms with E-state index < -0.39 is 12.3 Å². The highest BCUT2D eigenvalue weighted by Gasteiger charge is 2.22. The smallest absolute Gasteiger partial charge is 0.194 e. The molecule has 0 aliphatic rings. The van der Waals surface area contributed by atoms with E-state index in [1.807, 2.05) is 0 Å². The number of hydrogen-bond donors (Lipinski definition) is 2. The number of furan rings is 1. The highest BCUT2D eigenvalue weighted by atomic mass is 16.5. The van der Waals surface area contributed by atoms with Crippen LogP contribution in [-0.4, -0.2) is 29.0 Å². The van der Waals surface area contributed by atoms with E-state index in [1.54, 1.807) is 18.2 Å². The summed E-state index contributed by atoms with van der Waals surface area (Å²) in [6.07, 6.45) is 0.802. The molecule has 0 radical (unpaired) electrons. The van der Waals surface area contributed by atoms with Crippen molar-refractivity contribution in [1.29, 1.82) is 0 Å². The molecular formula is C18H21NO5. The number of fused-ring (bicyclic) bond motifs is 1. The first kappa shape index (κ1) is 17.9. The Morgan fingerprint density at radius 1 is 1.38 bits per heavy atom. The number of Topliss-reactive ketones (excluding diaryl/α,β-unsaturated/α-hetero) is 2. The molecule has 0 aliphatic carbocycles. The van der Waals surface area contributed by atoms with Gasteiger partial charge in [0, 0.05) is 12.3 Å². The summed E-state index contributed by atoms with van der Waals surface area (Å²) in [5.74, 6) is -0.0741. The van der Waals surface area contributed by atoms with Gasteiger partial charge in [-0.2, -0.15) is 0 Å². The van der Waals surface area contributed by atoms with Crippen molar-refractivity contribution in [3.8, 4) is 5.75 Å². The van der Waals surface area contributed by atoms with Crippen molar-refractivity contribution in [3.63, 3.8) is 0 Å². The van der Waals surface area contributed by atoms with E-state index in [1.165, 1.54) is 19.9 Å². The summed E-state index contributed by atoms with van der Waals surface area (Å²) < 4.78 is 11.0. The molecule has 2 aromatic rings. The summed E-state index contributed by atoms with van der Waals surface area (Å²) in [6.45, 7) is 6.36. The number of aliphatic hydroxyl groups excluding tert-OH is 1. The molecular weight excluding hydrogens is 310 g/mol. The van der Waals surface area contributed by atoms with Crippen molar-refractivity contribution < 1.29 is 23.8 Å². The lowest BCUT2D eigenvalue weighted by Gasteiger charge is -2.21. The normalized spacial score (nSPS) is 13.5. The van der Waals surface area contributed by atoms with Crippen LogP contribution in [0.25, 0.3) is 11.0 Å². The summed E-state index contributed by atoms with van der Waals surface area (Å²) in [4.78, 5) is 23.5. The molecule has 24 heavy (non-hydrogen) atoms. The van der Waals surface area contributed by atoms with Gasteiger partial charge in [-0.3, -0.25) is 15.3 Å². The zero-order valence-corrected chi connectivity index (χ0v) is 13.7. The monoisotopic (exact) mass is 331 g/mol. The third-order valence-electron chi connectivity index (χ3n) is 3.67. The lowest BCUT2D eigenvalue weighted by Crippen LogP contribution is -2.40. The van der Waals surface area contributed by atoms with Gasteiger partial charge in [0.25, 0.3) is 0 Å². The second-order valence-corrected chi connectivity index (χ2v) is 5.59. The average molecular weight is 331 g/mol. The maximum absolute atomic E-state index is 12.1. The highest BCUT2D eigenvalue weighted by molar-refractivity contribution is 6.10. The number of rotatable bonds is 8. The van der Waals surface area contributed by atoms with Crippen LogP contribution < -0.4 is 10.5 Å². The number of allylic oxidation sites excluding steroid dienone is 1. The predicted molar refractivity (Wildman–Crippen MR) is 90.3 cm³/mol. The van der Waals surface area contributed by atoms with Crippen LogP contribution in [-0.2, 0) is 0 Å². The molecule has 0 aliphatic heterocycles. The highest BCUT2D eigenvalue weighted by Crippen LogP contribution is 2.32. The molecule has 6 nitrogen and oxygen atoms in total. The Balaban J connectivity index is 2.39. The third-order valence-corrected chi connectivity index (χ3v) is 3.67. The van der Waals surface area contributed by atoms with E-state index >= 15 is 0 Å². The second kappa shape index (κ2) is 7.42. The summed E-state index contributed by atoms with van der Waals surface area (Å²) >= 11 is 0. The van der Waals surface area contributed by atoms with Crippen LogP contribution in [0.3, 0.4) is 0 Å². The molecule has 128 valence electrons. The SMILES string of the molecule is C=CCCC(O)C(N)Oc1ccc2oc(C(C)=O)cc2c1C(C)=O. The zero-order valence-electron chi connectivity index (χ0n) is 13.7. The first-order chi connectivity index (χ1) is 11.3. The van der Waals surface area contributed by atoms with E-state index in [0.29, 0.717) is 23.8 Å². The van der Waals surface area contributed by atoms with Gasteiger partial charge in [-0.25, -0.2) is 0 Å². The van der Waals surface area contributed by atoms with Crippen molar-refractivity contribution in [2.24, 2.45) is 5.73 Å². The molecule has 1 heterocycles. The molecule has 1 aromatic heterocycles. The number of aliphatic hydroxyl groups is 1. The Morgan fingerprint density at radius 3 is 2.67 bits per heavy atom.